The van der Waals surface area contributed by atoms with Crippen LogP contribution in [0, 0.1) is 6.57 Å². The van der Waals surface area contributed by atoms with E-state index in [0.717, 1.165) is 5.56 Å². The molecule has 0 amide bonds. The first kappa shape index (κ1) is 32.8. The highest BCUT2D eigenvalue weighted by atomic mass is 19.4. The van der Waals surface area contributed by atoms with Crippen molar-refractivity contribution in [3.8, 4) is 11.5 Å². The van der Waals surface area contributed by atoms with Crippen molar-refractivity contribution in [1.29, 1.82) is 0 Å². The van der Waals surface area contributed by atoms with E-state index in [1.807, 2.05) is 6.07 Å². The molecule has 4 aromatic rings. The van der Waals surface area contributed by atoms with Crippen LogP contribution in [0.4, 0.5) is 18.9 Å². The van der Waals surface area contributed by atoms with Crippen LogP contribution >= 0.6 is 0 Å². The summed E-state index contributed by atoms with van der Waals surface area (Å²) in [4.78, 5) is 21.0. The summed E-state index contributed by atoms with van der Waals surface area (Å²) in [6, 6.07) is 13.2. The van der Waals surface area contributed by atoms with E-state index in [1.165, 1.54) is 25.4 Å². The van der Waals surface area contributed by atoms with E-state index in [2.05, 4.69) is 9.83 Å². The number of hydrogen-bond acceptors (Lipinski definition) is 7. The van der Waals surface area contributed by atoms with E-state index in [-0.39, 0.29) is 61.4 Å². The van der Waals surface area contributed by atoms with Gasteiger partial charge in [-0.05, 0) is 55.2 Å². The summed E-state index contributed by atoms with van der Waals surface area (Å²) in [5.41, 5.74) is -1.26. The fraction of sp³-hybridized carbons (Fsp3) is 0.382. The topological polar surface area (TPSA) is 90.4 Å². The second-order valence-electron chi connectivity index (χ2n) is 11.3. The van der Waals surface area contributed by atoms with Crippen molar-refractivity contribution in [3.05, 3.63) is 95.2 Å². The van der Waals surface area contributed by atoms with Crippen molar-refractivity contribution in [2.75, 3.05) is 33.4 Å². The van der Waals surface area contributed by atoms with Crippen LogP contribution in [0.25, 0.3) is 15.7 Å². The summed E-state index contributed by atoms with van der Waals surface area (Å²) in [5, 5.41) is 11.8. The maximum absolute atomic E-state index is 14.8. The lowest BCUT2D eigenvalue weighted by Gasteiger charge is -2.39. The summed E-state index contributed by atoms with van der Waals surface area (Å²) >= 11 is 0. The maximum Gasteiger partial charge on any atom is 0.422 e. The molecule has 1 aliphatic heterocycles. The van der Waals surface area contributed by atoms with Gasteiger partial charge in [0.25, 0.3) is 0 Å². The number of alkyl halides is 3. The maximum atomic E-state index is 14.8. The molecule has 1 saturated heterocycles. The Bertz CT molecular complexity index is 1710. The zero-order valence-electron chi connectivity index (χ0n) is 25.6. The molecule has 12 heteroatoms. The molecule has 1 fully saturated rings. The van der Waals surface area contributed by atoms with Gasteiger partial charge in [0.2, 0.25) is 5.60 Å². The number of likely N-dealkylation sites (tertiary alicyclic amines) is 1. The third-order valence-corrected chi connectivity index (χ3v) is 8.15. The number of piperidine rings is 1. The third kappa shape index (κ3) is 7.11. The number of hydrogen-bond donors (Lipinski definition) is 1. The van der Waals surface area contributed by atoms with Gasteiger partial charge in [0.1, 0.15) is 6.10 Å². The van der Waals surface area contributed by atoms with Gasteiger partial charge in [-0.3, -0.25) is 14.7 Å². The number of carbonyl (C=O) groups excluding carboxylic acids is 1. The lowest BCUT2D eigenvalue weighted by molar-refractivity contribution is -0.272. The number of esters is 1. The predicted octanol–water partition coefficient (Wildman–Crippen LogP) is 6.04. The fourth-order valence-corrected chi connectivity index (χ4v) is 5.81. The van der Waals surface area contributed by atoms with Crippen LogP contribution < -0.4 is 9.47 Å². The monoisotopic (exact) mass is 636 g/mol. The number of methoxy groups -OCH3 is 1. The van der Waals surface area contributed by atoms with Crippen LogP contribution in [0.1, 0.15) is 36.5 Å². The molecule has 1 atom stereocenters. The van der Waals surface area contributed by atoms with E-state index >= 15 is 0 Å². The van der Waals surface area contributed by atoms with Crippen LogP contribution in [0.5, 0.6) is 11.5 Å². The summed E-state index contributed by atoms with van der Waals surface area (Å²) in [6.45, 7) is 9.52. The number of aromatic nitrogens is 2. The first-order chi connectivity index (χ1) is 22.0. The number of carbonyl (C=O) groups is 1. The van der Waals surface area contributed by atoms with E-state index in [1.54, 1.807) is 59.1 Å². The van der Waals surface area contributed by atoms with Crippen LogP contribution in [-0.2, 0) is 28.1 Å². The van der Waals surface area contributed by atoms with Crippen molar-refractivity contribution in [2.45, 2.75) is 50.6 Å². The molecule has 0 spiro atoms. The number of benzene rings is 2. The Balaban J connectivity index is 1.33. The van der Waals surface area contributed by atoms with Gasteiger partial charge in [-0.25, -0.2) is 4.85 Å². The quantitative estimate of drug-likeness (QED) is 0.159. The predicted molar refractivity (Wildman–Crippen MR) is 165 cm³/mol. The molecule has 46 heavy (non-hydrogen) atoms. The summed E-state index contributed by atoms with van der Waals surface area (Å²) in [5.74, 6) is 0.566. The Morgan fingerprint density at radius 2 is 1.89 bits per heavy atom. The molecular formula is C34H35F3N4O5. The Hall–Kier alpha value is -4.60. The second-order valence-corrected chi connectivity index (χ2v) is 11.3. The van der Waals surface area contributed by atoms with Crippen LogP contribution in [0.3, 0.4) is 0 Å². The molecule has 2 aromatic carbocycles. The average molecular weight is 637 g/mol. The molecule has 9 nitrogen and oxygen atoms in total. The molecule has 0 radical (unpaired) electrons. The zero-order chi connectivity index (χ0) is 32.9. The standard InChI is InChI=1S/C34H35F3N4O5/c1-4-45-32(42)17-23-7-10-30(31(16-23)44-3)46-26-11-14-40(15-12-26)22-33(43,34(35,36)37)28-21-41(20-24-6-5-13-39-19-24)29-18-25(38-2)8-9-27(28)29/h5-10,13,16,18-19,21,26,43H,4,11-12,14-15,17,20,22H2,1,3H3. The Morgan fingerprint density at radius 1 is 1.11 bits per heavy atom. The highest BCUT2D eigenvalue weighted by Gasteiger charge is 2.57. The number of fused-ring (bicyclic) bond motifs is 1. The van der Waals surface area contributed by atoms with E-state index in [9.17, 15) is 23.1 Å². The first-order valence-corrected chi connectivity index (χ1v) is 14.9. The molecule has 0 aliphatic carbocycles. The molecular weight excluding hydrogens is 601 g/mol. The number of β-amino-alcohol motifs (C(OH)–C–C–N with tert-alkyl or cyclic N) is 1. The van der Waals surface area contributed by atoms with Gasteiger partial charge in [-0.15, -0.1) is 0 Å². The van der Waals surface area contributed by atoms with Crippen LogP contribution in [0.2, 0.25) is 0 Å². The Morgan fingerprint density at radius 3 is 2.54 bits per heavy atom. The molecule has 242 valence electrons. The van der Waals surface area contributed by atoms with E-state index < -0.39 is 18.3 Å². The number of nitrogens with zero attached hydrogens (tertiary/aromatic N) is 4. The average Bonchev–Trinajstić information content (AvgIpc) is 3.40. The van der Waals surface area contributed by atoms with Crippen molar-refractivity contribution in [1.82, 2.24) is 14.5 Å². The normalized spacial score (nSPS) is 15.7. The minimum absolute atomic E-state index is 0.0911. The SMILES string of the molecule is [C-]#[N+]c1ccc2c(C(O)(CN3CCC(Oc4ccc(CC(=O)OCC)cc4OC)CC3)C(F)(F)F)cn(Cc3cccnc3)c2c1. The summed E-state index contributed by atoms with van der Waals surface area (Å²) in [6.07, 6.45) is 0.258. The molecule has 5 rings (SSSR count). The number of halogens is 3. The highest BCUT2D eigenvalue weighted by Crippen LogP contribution is 2.44. The minimum Gasteiger partial charge on any atom is -0.493 e. The second kappa shape index (κ2) is 13.8. The zero-order valence-corrected chi connectivity index (χ0v) is 25.6. The highest BCUT2D eigenvalue weighted by molar-refractivity contribution is 5.88. The fourth-order valence-electron chi connectivity index (χ4n) is 5.81. The van der Waals surface area contributed by atoms with Crippen molar-refractivity contribution >= 4 is 22.6 Å². The van der Waals surface area contributed by atoms with Gasteiger partial charge < -0.3 is 23.9 Å². The summed E-state index contributed by atoms with van der Waals surface area (Å²) in [7, 11) is 1.49. The molecule has 1 unspecified atom stereocenters. The molecule has 1 aliphatic rings. The van der Waals surface area contributed by atoms with Gasteiger partial charge in [-0.2, -0.15) is 13.2 Å². The summed E-state index contributed by atoms with van der Waals surface area (Å²) < 4.78 is 62.8. The lowest BCUT2D eigenvalue weighted by Crippen LogP contribution is -2.53. The Labute approximate surface area is 264 Å². The van der Waals surface area contributed by atoms with Crippen LogP contribution in [0.15, 0.2) is 67.1 Å². The molecule has 0 bridgehead atoms. The molecule has 3 heterocycles. The van der Waals surface area contributed by atoms with Gasteiger partial charge in [0, 0.05) is 61.2 Å². The van der Waals surface area contributed by atoms with Crippen molar-refractivity contribution < 1.29 is 37.3 Å². The van der Waals surface area contributed by atoms with E-state index in [0.29, 0.717) is 35.4 Å². The number of ether oxygens (including phenoxy) is 3. The molecule has 1 N–H and O–H groups in total. The van der Waals surface area contributed by atoms with Crippen LogP contribution in [-0.4, -0.2) is 71.2 Å². The van der Waals surface area contributed by atoms with Crippen molar-refractivity contribution in [2.24, 2.45) is 0 Å². The molecule has 2 aromatic heterocycles. The van der Waals surface area contributed by atoms with Gasteiger partial charge in [0.05, 0.1) is 26.7 Å². The lowest BCUT2D eigenvalue weighted by atomic mass is 9.91. The number of pyridine rings is 1. The van der Waals surface area contributed by atoms with Gasteiger partial charge >= 0.3 is 12.1 Å². The van der Waals surface area contributed by atoms with E-state index in [4.69, 9.17) is 20.8 Å². The largest absolute Gasteiger partial charge is 0.493 e. The first-order valence-electron chi connectivity index (χ1n) is 14.9. The molecule has 0 saturated carbocycles. The number of aliphatic hydroxyl groups is 1. The smallest absolute Gasteiger partial charge is 0.422 e. The van der Waals surface area contributed by atoms with Gasteiger partial charge in [0.15, 0.2) is 17.2 Å². The Kier molecular flexibility index (Phi) is 9.84. The minimum atomic E-state index is -4.98. The number of rotatable bonds is 11. The third-order valence-electron chi connectivity index (χ3n) is 8.15. The van der Waals surface area contributed by atoms with Crippen molar-refractivity contribution in [3.63, 3.8) is 0 Å². The van der Waals surface area contributed by atoms with Gasteiger partial charge in [-0.1, -0.05) is 24.3 Å².